The molecule has 1 saturated heterocycles. The zero-order valence-electron chi connectivity index (χ0n) is 13.1. The van der Waals surface area contributed by atoms with E-state index in [-0.39, 0.29) is 23.7 Å². The van der Waals surface area contributed by atoms with Gasteiger partial charge in [-0.1, -0.05) is 45.1 Å². The highest BCUT2D eigenvalue weighted by Gasteiger charge is 2.40. The maximum Gasteiger partial charge on any atom is 0.241 e. The minimum Gasteiger partial charge on any atom is -0.340 e. The second-order valence-electron chi connectivity index (χ2n) is 6.25. The molecule has 21 heavy (non-hydrogen) atoms. The summed E-state index contributed by atoms with van der Waals surface area (Å²) in [6, 6.07) is 0. The summed E-state index contributed by atoms with van der Waals surface area (Å²) < 4.78 is 11.8. The molecule has 0 aliphatic carbocycles. The van der Waals surface area contributed by atoms with E-state index in [1.165, 1.54) is 32.1 Å². The van der Waals surface area contributed by atoms with Crippen molar-refractivity contribution in [3.05, 3.63) is 11.8 Å². The lowest BCUT2D eigenvalue weighted by Crippen LogP contribution is -2.38. The van der Waals surface area contributed by atoms with Crippen LogP contribution in [0.1, 0.15) is 58.8 Å². The van der Waals surface area contributed by atoms with Gasteiger partial charge in [-0.2, -0.15) is 0 Å². The van der Waals surface area contributed by atoms with Gasteiger partial charge < -0.3 is 14.4 Å². The van der Waals surface area contributed by atoms with Gasteiger partial charge in [-0.15, -0.1) is 0 Å². The van der Waals surface area contributed by atoms with E-state index in [2.05, 4.69) is 19.9 Å². The van der Waals surface area contributed by atoms with Gasteiger partial charge in [0, 0.05) is 0 Å². The van der Waals surface area contributed by atoms with Crippen molar-refractivity contribution in [2.45, 2.75) is 70.7 Å². The summed E-state index contributed by atoms with van der Waals surface area (Å²) in [5.41, 5.74) is 0.800. The van der Waals surface area contributed by atoms with Crippen LogP contribution in [0.3, 0.4) is 0 Å². The molecular formula is C16H26ClNO3. The van der Waals surface area contributed by atoms with Crippen molar-refractivity contribution in [1.82, 2.24) is 4.90 Å². The second kappa shape index (κ2) is 7.61. The van der Waals surface area contributed by atoms with Crippen molar-refractivity contribution in [2.24, 2.45) is 0 Å². The molecule has 1 fully saturated rings. The normalized spacial score (nSPS) is 28.4. The van der Waals surface area contributed by atoms with Crippen molar-refractivity contribution >= 4 is 16.8 Å². The third kappa shape index (κ3) is 4.70. The largest absolute Gasteiger partial charge is 0.340 e. The van der Waals surface area contributed by atoms with Crippen LogP contribution in [-0.4, -0.2) is 35.3 Å². The van der Waals surface area contributed by atoms with Crippen LogP contribution in [0.2, 0.25) is 0 Å². The van der Waals surface area contributed by atoms with E-state index in [9.17, 15) is 4.79 Å². The molecule has 0 bridgehead atoms. The topological polar surface area (TPSA) is 38.8 Å². The monoisotopic (exact) mass is 315 g/mol. The Bertz CT molecular complexity index is 399. The number of rotatable bonds is 8. The Morgan fingerprint density at radius 3 is 2.90 bits per heavy atom. The SMILES string of the molecule is CCCCCCCC1(C)CC=C2C(OCN2CC(=O)Cl)O1. The van der Waals surface area contributed by atoms with E-state index < -0.39 is 0 Å². The van der Waals surface area contributed by atoms with Crippen molar-refractivity contribution in [1.29, 1.82) is 0 Å². The van der Waals surface area contributed by atoms with E-state index in [1.54, 1.807) is 0 Å². The first-order valence-corrected chi connectivity index (χ1v) is 8.34. The summed E-state index contributed by atoms with van der Waals surface area (Å²) in [6.07, 6.45) is 10.1. The van der Waals surface area contributed by atoms with Gasteiger partial charge in [-0.25, -0.2) is 0 Å². The zero-order chi connectivity index (χ0) is 15.3. The van der Waals surface area contributed by atoms with Gasteiger partial charge in [-0.3, -0.25) is 4.79 Å². The van der Waals surface area contributed by atoms with Crippen LogP contribution >= 0.6 is 11.6 Å². The Morgan fingerprint density at radius 2 is 2.19 bits per heavy atom. The number of nitrogens with zero attached hydrogens (tertiary/aromatic N) is 1. The first-order chi connectivity index (χ1) is 10.0. The van der Waals surface area contributed by atoms with Crippen molar-refractivity contribution in [2.75, 3.05) is 13.3 Å². The smallest absolute Gasteiger partial charge is 0.241 e. The molecule has 2 aliphatic heterocycles. The highest BCUT2D eigenvalue weighted by atomic mass is 35.5. The lowest BCUT2D eigenvalue weighted by molar-refractivity contribution is -0.178. The van der Waals surface area contributed by atoms with Crippen LogP contribution in [-0.2, 0) is 14.3 Å². The number of carbonyl (C=O) groups is 1. The quantitative estimate of drug-likeness (QED) is 0.504. The Labute approximate surface area is 132 Å². The van der Waals surface area contributed by atoms with Gasteiger partial charge in [0.05, 0.1) is 17.8 Å². The number of halogens is 1. The number of ether oxygens (including phenoxy) is 2. The fraction of sp³-hybridized carbons (Fsp3) is 0.812. The summed E-state index contributed by atoms with van der Waals surface area (Å²) in [5, 5.41) is -0.371. The van der Waals surface area contributed by atoms with E-state index >= 15 is 0 Å². The number of carbonyl (C=O) groups excluding carboxylic acids is 1. The molecule has 4 nitrogen and oxygen atoms in total. The minimum absolute atomic E-state index is 0.151. The van der Waals surface area contributed by atoms with Crippen LogP contribution in [0.15, 0.2) is 11.8 Å². The lowest BCUT2D eigenvalue weighted by Gasteiger charge is -2.36. The number of fused-ring (bicyclic) bond motifs is 1. The molecule has 2 atom stereocenters. The minimum atomic E-state index is -0.371. The van der Waals surface area contributed by atoms with E-state index in [0.29, 0.717) is 6.73 Å². The van der Waals surface area contributed by atoms with Gasteiger partial charge in [0.15, 0.2) is 0 Å². The molecule has 0 amide bonds. The van der Waals surface area contributed by atoms with E-state index in [0.717, 1.165) is 18.5 Å². The summed E-state index contributed by atoms with van der Waals surface area (Å²) in [6.45, 7) is 4.94. The molecular weight excluding hydrogens is 290 g/mol. The average Bonchev–Trinajstić information content (AvgIpc) is 2.79. The van der Waals surface area contributed by atoms with Crippen LogP contribution in [0.5, 0.6) is 0 Å². The van der Waals surface area contributed by atoms with Crippen molar-refractivity contribution in [3.8, 4) is 0 Å². The van der Waals surface area contributed by atoms with Gasteiger partial charge in [0.25, 0.3) is 0 Å². The Kier molecular flexibility index (Phi) is 6.08. The second-order valence-corrected chi connectivity index (χ2v) is 6.67. The Balaban J connectivity index is 1.83. The molecule has 120 valence electrons. The highest BCUT2D eigenvalue weighted by molar-refractivity contribution is 6.64. The van der Waals surface area contributed by atoms with Crippen molar-refractivity contribution < 1.29 is 14.3 Å². The van der Waals surface area contributed by atoms with E-state index in [1.807, 2.05) is 4.90 Å². The molecule has 0 saturated carbocycles. The van der Waals surface area contributed by atoms with Crippen LogP contribution < -0.4 is 0 Å². The molecule has 2 heterocycles. The molecule has 2 rings (SSSR count). The van der Waals surface area contributed by atoms with Gasteiger partial charge >= 0.3 is 0 Å². The molecule has 2 unspecified atom stereocenters. The molecule has 5 heteroatoms. The summed E-state index contributed by atoms with van der Waals surface area (Å²) in [5.74, 6) is 0. The molecule has 0 radical (unpaired) electrons. The summed E-state index contributed by atoms with van der Waals surface area (Å²) in [4.78, 5) is 12.9. The van der Waals surface area contributed by atoms with Crippen molar-refractivity contribution in [3.63, 3.8) is 0 Å². The molecule has 0 spiro atoms. The van der Waals surface area contributed by atoms with Crippen LogP contribution in [0, 0.1) is 0 Å². The Hall–Kier alpha value is -0.580. The number of hydrogen-bond donors (Lipinski definition) is 0. The Morgan fingerprint density at radius 1 is 1.43 bits per heavy atom. The summed E-state index contributed by atoms with van der Waals surface area (Å²) >= 11 is 5.45. The molecule has 0 aromatic rings. The first kappa shape index (κ1) is 16.8. The molecule has 0 aromatic heterocycles. The average molecular weight is 316 g/mol. The zero-order valence-corrected chi connectivity index (χ0v) is 13.8. The molecule has 0 N–H and O–H groups in total. The molecule has 0 aromatic carbocycles. The third-order valence-electron chi connectivity index (χ3n) is 4.25. The van der Waals surface area contributed by atoms with Gasteiger partial charge in [0.2, 0.25) is 11.5 Å². The standard InChI is InChI=1S/C16H26ClNO3/c1-3-4-5-6-7-9-16(2)10-8-13-15(21-16)20-12-18(13)11-14(17)19/h8,15H,3-7,9-12H2,1-2H3. The number of unbranched alkanes of at least 4 members (excludes halogenated alkanes) is 4. The lowest BCUT2D eigenvalue weighted by atomic mass is 9.91. The highest BCUT2D eigenvalue weighted by Crippen LogP contribution is 2.36. The maximum absolute atomic E-state index is 11.0. The predicted molar refractivity (Wildman–Crippen MR) is 82.9 cm³/mol. The fourth-order valence-electron chi connectivity index (χ4n) is 2.96. The van der Waals surface area contributed by atoms with Gasteiger partial charge in [0.1, 0.15) is 6.73 Å². The first-order valence-electron chi connectivity index (χ1n) is 7.97. The summed E-state index contributed by atoms with van der Waals surface area (Å²) in [7, 11) is 0. The molecule has 2 aliphatic rings. The van der Waals surface area contributed by atoms with Crippen LogP contribution in [0.4, 0.5) is 0 Å². The predicted octanol–water partition coefficient (Wildman–Crippen LogP) is 3.79. The van der Waals surface area contributed by atoms with E-state index in [4.69, 9.17) is 21.1 Å². The maximum atomic E-state index is 11.0. The van der Waals surface area contributed by atoms with Crippen LogP contribution in [0.25, 0.3) is 0 Å². The number of hydrogen-bond acceptors (Lipinski definition) is 4. The third-order valence-corrected chi connectivity index (χ3v) is 4.37. The fourth-order valence-corrected chi connectivity index (χ4v) is 3.11. The van der Waals surface area contributed by atoms with Gasteiger partial charge in [-0.05, 0) is 31.4 Å².